The zero-order valence-corrected chi connectivity index (χ0v) is 11.1. The first-order chi connectivity index (χ1) is 8.22. The molecule has 1 unspecified atom stereocenters. The van der Waals surface area contributed by atoms with Gasteiger partial charge in [-0.3, -0.25) is 4.68 Å². The first-order valence-corrected chi connectivity index (χ1v) is 6.29. The normalized spacial score (nSPS) is 13.4. The molecule has 1 aromatic heterocycles. The highest BCUT2D eigenvalue weighted by Crippen LogP contribution is 2.16. The van der Waals surface area contributed by atoms with Gasteiger partial charge in [-0.05, 0) is 26.3 Å². The molecule has 4 heteroatoms. The molecule has 0 aromatic carbocycles. The van der Waals surface area contributed by atoms with E-state index in [1.165, 1.54) is 5.56 Å². The Morgan fingerprint density at radius 1 is 1.59 bits per heavy atom. The van der Waals surface area contributed by atoms with Crippen LogP contribution < -0.4 is 11.1 Å². The molecule has 0 spiro atoms. The van der Waals surface area contributed by atoms with E-state index in [9.17, 15) is 0 Å². The minimum Gasteiger partial charge on any atom is -0.329 e. The second-order valence-corrected chi connectivity index (χ2v) is 4.16. The maximum absolute atomic E-state index is 5.83. The van der Waals surface area contributed by atoms with Gasteiger partial charge in [0.15, 0.2) is 0 Å². The maximum atomic E-state index is 5.83. The van der Waals surface area contributed by atoms with Crippen molar-refractivity contribution in [1.82, 2.24) is 15.1 Å². The highest BCUT2D eigenvalue weighted by molar-refractivity contribution is 5.21. The summed E-state index contributed by atoms with van der Waals surface area (Å²) >= 11 is 0. The van der Waals surface area contributed by atoms with Crippen molar-refractivity contribution < 1.29 is 0 Å². The van der Waals surface area contributed by atoms with E-state index in [-0.39, 0.29) is 6.04 Å². The van der Waals surface area contributed by atoms with Gasteiger partial charge in [-0.2, -0.15) is 5.10 Å². The van der Waals surface area contributed by atoms with E-state index in [0.29, 0.717) is 6.54 Å². The lowest BCUT2D eigenvalue weighted by molar-refractivity contribution is 0.544. The molecule has 1 aromatic rings. The molecule has 3 N–H and O–H groups in total. The van der Waals surface area contributed by atoms with Crippen molar-refractivity contribution in [1.29, 1.82) is 0 Å². The number of hydrogen-bond acceptors (Lipinski definition) is 3. The van der Waals surface area contributed by atoms with E-state index < -0.39 is 0 Å². The Morgan fingerprint density at radius 3 is 2.94 bits per heavy atom. The van der Waals surface area contributed by atoms with E-state index in [1.54, 1.807) is 0 Å². The summed E-state index contributed by atoms with van der Waals surface area (Å²) < 4.78 is 1.87. The summed E-state index contributed by atoms with van der Waals surface area (Å²) in [5, 5.41) is 7.93. The number of nitrogens with zero attached hydrogens (tertiary/aromatic N) is 2. The fourth-order valence-corrected chi connectivity index (χ4v) is 1.95. The van der Waals surface area contributed by atoms with Gasteiger partial charge >= 0.3 is 0 Å². The van der Waals surface area contributed by atoms with Crippen molar-refractivity contribution in [2.75, 3.05) is 13.1 Å². The number of aryl methyl sites for hydroxylation is 2. The molecule has 0 aliphatic rings. The molecule has 17 heavy (non-hydrogen) atoms. The van der Waals surface area contributed by atoms with Crippen LogP contribution in [0.25, 0.3) is 0 Å². The van der Waals surface area contributed by atoms with E-state index >= 15 is 0 Å². The van der Waals surface area contributed by atoms with Crippen molar-refractivity contribution in [2.45, 2.75) is 32.7 Å². The Balaban J connectivity index is 2.65. The Morgan fingerprint density at radius 2 is 2.35 bits per heavy atom. The number of allylic oxidation sites excluding steroid dienone is 1. The van der Waals surface area contributed by atoms with Gasteiger partial charge in [0, 0.05) is 31.4 Å². The smallest absolute Gasteiger partial charge is 0.0670 e. The quantitative estimate of drug-likeness (QED) is 0.558. The Labute approximate surface area is 104 Å². The average molecular weight is 236 g/mol. The third kappa shape index (κ3) is 3.98. The van der Waals surface area contributed by atoms with Crippen molar-refractivity contribution in [2.24, 2.45) is 12.8 Å². The summed E-state index contributed by atoms with van der Waals surface area (Å²) in [7, 11) is 1.95. The SMILES string of the molecule is C/C=C/CCNC(CN)c1cn(C)nc1CC. The van der Waals surface area contributed by atoms with Crippen molar-refractivity contribution in [3.8, 4) is 0 Å². The molecule has 0 amide bonds. The Kier molecular flexibility index (Phi) is 5.94. The number of aromatic nitrogens is 2. The van der Waals surface area contributed by atoms with Crippen LogP contribution in [-0.2, 0) is 13.5 Å². The lowest BCUT2D eigenvalue weighted by Gasteiger charge is -2.16. The third-order valence-corrected chi connectivity index (χ3v) is 2.82. The Hall–Kier alpha value is -1.13. The van der Waals surface area contributed by atoms with Crippen LogP contribution in [0.4, 0.5) is 0 Å². The van der Waals surface area contributed by atoms with Crippen LogP contribution in [0.1, 0.15) is 37.6 Å². The summed E-state index contributed by atoms with van der Waals surface area (Å²) in [5.74, 6) is 0. The lowest BCUT2D eigenvalue weighted by atomic mass is 10.1. The van der Waals surface area contributed by atoms with Crippen LogP contribution in [0.3, 0.4) is 0 Å². The predicted molar refractivity (Wildman–Crippen MR) is 71.8 cm³/mol. The summed E-state index contributed by atoms with van der Waals surface area (Å²) in [6.45, 7) is 5.72. The van der Waals surface area contributed by atoms with Crippen LogP contribution in [0.5, 0.6) is 0 Å². The van der Waals surface area contributed by atoms with E-state index in [2.05, 4.69) is 35.7 Å². The van der Waals surface area contributed by atoms with Gasteiger partial charge in [0.25, 0.3) is 0 Å². The highest BCUT2D eigenvalue weighted by atomic mass is 15.3. The van der Waals surface area contributed by atoms with Gasteiger partial charge in [0.1, 0.15) is 0 Å². The minimum absolute atomic E-state index is 0.212. The topological polar surface area (TPSA) is 55.9 Å². The standard InChI is InChI=1S/C13H24N4/c1-4-6-7-8-15-13(9-14)11-10-17(3)16-12(11)5-2/h4,6,10,13,15H,5,7-9,14H2,1-3H3/b6-4+. The molecule has 96 valence electrons. The van der Waals surface area contributed by atoms with Crippen molar-refractivity contribution in [3.05, 3.63) is 29.6 Å². The zero-order valence-electron chi connectivity index (χ0n) is 11.1. The number of rotatable bonds is 7. The molecule has 0 saturated carbocycles. The molecule has 4 nitrogen and oxygen atoms in total. The maximum Gasteiger partial charge on any atom is 0.0670 e. The highest BCUT2D eigenvalue weighted by Gasteiger charge is 2.15. The molecular formula is C13H24N4. The summed E-state index contributed by atoms with van der Waals surface area (Å²) in [5.41, 5.74) is 8.21. The van der Waals surface area contributed by atoms with E-state index in [0.717, 1.165) is 25.1 Å². The molecule has 1 atom stereocenters. The van der Waals surface area contributed by atoms with E-state index in [4.69, 9.17) is 5.73 Å². The largest absolute Gasteiger partial charge is 0.329 e. The van der Waals surface area contributed by atoms with E-state index in [1.807, 2.05) is 18.7 Å². The van der Waals surface area contributed by atoms with Crippen LogP contribution in [0.15, 0.2) is 18.3 Å². The molecule has 1 rings (SSSR count). The molecule has 0 aliphatic heterocycles. The molecular weight excluding hydrogens is 212 g/mol. The zero-order chi connectivity index (χ0) is 12.7. The molecule has 0 radical (unpaired) electrons. The third-order valence-electron chi connectivity index (χ3n) is 2.82. The first kappa shape index (κ1) is 13.9. The summed E-state index contributed by atoms with van der Waals surface area (Å²) in [4.78, 5) is 0. The van der Waals surface area contributed by atoms with Gasteiger partial charge < -0.3 is 11.1 Å². The van der Waals surface area contributed by atoms with Gasteiger partial charge in [0.2, 0.25) is 0 Å². The number of nitrogens with one attached hydrogen (secondary N) is 1. The van der Waals surface area contributed by atoms with Gasteiger partial charge in [-0.1, -0.05) is 19.1 Å². The van der Waals surface area contributed by atoms with Gasteiger partial charge in [-0.15, -0.1) is 0 Å². The fourth-order valence-electron chi connectivity index (χ4n) is 1.95. The van der Waals surface area contributed by atoms with Crippen LogP contribution in [-0.4, -0.2) is 22.9 Å². The lowest BCUT2D eigenvalue weighted by Crippen LogP contribution is -2.29. The molecule has 0 bridgehead atoms. The molecule has 1 heterocycles. The first-order valence-electron chi connectivity index (χ1n) is 6.29. The second-order valence-electron chi connectivity index (χ2n) is 4.16. The van der Waals surface area contributed by atoms with Crippen LogP contribution in [0, 0.1) is 0 Å². The average Bonchev–Trinajstić information content (AvgIpc) is 2.70. The number of hydrogen-bond donors (Lipinski definition) is 2. The number of nitrogens with two attached hydrogens (primary N) is 1. The monoisotopic (exact) mass is 236 g/mol. The van der Waals surface area contributed by atoms with Crippen molar-refractivity contribution >= 4 is 0 Å². The second kappa shape index (κ2) is 7.25. The van der Waals surface area contributed by atoms with Crippen LogP contribution in [0.2, 0.25) is 0 Å². The fraction of sp³-hybridized carbons (Fsp3) is 0.615. The van der Waals surface area contributed by atoms with Crippen LogP contribution >= 0.6 is 0 Å². The molecule has 0 aliphatic carbocycles. The summed E-state index contributed by atoms with van der Waals surface area (Å²) in [6, 6.07) is 0.212. The van der Waals surface area contributed by atoms with Gasteiger partial charge in [0.05, 0.1) is 5.69 Å². The van der Waals surface area contributed by atoms with Gasteiger partial charge in [-0.25, -0.2) is 0 Å². The molecule has 0 fully saturated rings. The molecule has 0 saturated heterocycles. The predicted octanol–water partition coefficient (Wildman–Crippen LogP) is 1.54. The Bertz CT molecular complexity index is 354. The summed E-state index contributed by atoms with van der Waals surface area (Å²) in [6.07, 6.45) is 8.28. The van der Waals surface area contributed by atoms with Crippen molar-refractivity contribution in [3.63, 3.8) is 0 Å². The minimum atomic E-state index is 0.212.